The van der Waals surface area contributed by atoms with Gasteiger partial charge in [-0.05, 0) is 12.8 Å². The zero-order chi connectivity index (χ0) is 13.1. The van der Waals surface area contributed by atoms with Crippen molar-refractivity contribution in [3.63, 3.8) is 0 Å². The van der Waals surface area contributed by atoms with Crippen molar-refractivity contribution < 1.29 is 18.0 Å². The number of carbonyl (C=O) groups is 1. The Morgan fingerprint density at radius 2 is 1.88 bits per heavy atom. The Bertz CT molecular complexity index is 268. The van der Waals surface area contributed by atoms with Gasteiger partial charge in [0.15, 0.2) is 0 Å². The third-order valence-electron chi connectivity index (χ3n) is 3.18. The van der Waals surface area contributed by atoms with Crippen LogP contribution in [0.25, 0.3) is 0 Å². The normalized spacial score (nSPS) is 26.4. The van der Waals surface area contributed by atoms with Crippen molar-refractivity contribution in [1.82, 2.24) is 4.90 Å². The molecule has 0 aliphatic heterocycles. The molecule has 3 nitrogen and oxygen atoms in total. The summed E-state index contributed by atoms with van der Waals surface area (Å²) in [7, 11) is 1.19. The van der Waals surface area contributed by atoms with E-state index in [9.17, 15) is 18.0 Å². The minimum Gasteiger partial charge on any atom is -0.336 e. The predicted octanol–water partition coefficient (Wildman–Crippen LogP) is 1.91. The maximum Gasteiger partial charge on any atom is 0.406 e. The fraction of sp³-hybridized carbons (Fsp3) is 0.909. The van der Waals surface area contributed by atoms with E-state index >= 15 is 0 Å². The highest BCUT2D eigenvalue weighted by Gasteiger charge is 2.35. The van der Waals surface area contributed by atoms with Crippen LogP contribution in [-0.2, 0) is 4.79 Å². The molecule has 2 unspecified atom stereocenters. The number of hydrogen-bond acceptors (Lipinski definition) is 2. The van der Waals surface area contributed by atoms with Crippen LogP contribution in [0.15, 0.2) is 0 Å². The SMILES string of the molecule is CN(CC(F)(F)F)C(=O)C1CCCCCC1N. The van der Waals surface area contributed by atoms with Crippen LogP contribution in [0, 0.1) is 5.92 Å². The first-order valence-corrected chi connectivity index (χ1v) is 5.88. The summed E-state index contributed by atoms with van der Waals surface area (Å²) >= 11 is 0. The van der Waals surface area contributed by atoms with Gasteiger partial charge in [-0.1, -0.05) is 19.3 Å². The summed E-state index contributed by atoms with van der Waals surface area (Å²) in [6, 6.07) is -0.305. The molecule has 1 rings (SSSR count). The molecule has 0 aromatic carbocycles. The minimum atomic E-state index is -4.35. The van der Waals surface area contributed by atoms with E-state index in [0.717, 1.165) is 30.6 Å². The number of nitrogens with two attached hydrogens (primary N) is 1. The standard InChI is InChI=1S/C11H19F3N2O/c1-16(7-11(12,13)14)10(17)8-5-3-2-4-6-9(8)15/h8-9H,2-7,15H2,1H3. The average molecular weight is 252 g/mol. The molecule has 0 bridgehead atoms. The lowest BCUT2D eigenvalue weighted by Gasteiger charge is -2.27. The number of amides is 1. The molecule has 1 amide bonds. The van der Waals surface area contributed by atoms with E-state index in [4.69, 9.17) is 5.73 Å². The summed E-state index contributed by atoms with van der Waals surface area (Å²) in [6.07, 6.45) is -0.212. The van der Waals surface area contributed by atoms with Gasteiger partial charge in [-0.3, -0.25) is 4.79 Å². The average Bonchev–Trinajstić information content (AvgIpc) is 2.39. The Morgan fingerprint density at radius 3 is 2.47 bits per heavy atom. The second-order valence-electron chi connectivity index (χ2n) is 4.72. The molecule has 0 heterocycles. The van der Waals surface area contributed by atoms with E-state index < -0.39 is 24.5 Å². The molecule has 0 aromatic heterocycles. The van der Waals surface area contributed by atoms with Crippen LogP contribution in [0.4, 0.5) is 13.2 Å². The number of carbonyl (C=O) groups excluding carboxylic acids is 1. The second kappa shape index (κ2) is 5.71. The summed E-state index contributed by atoms with van der Waals surface area (Å²) in [5, 5.41) is 0. The van der Waals surface area contributed by atoms with Crippen molar-refractivity contribution in [3.8, 4) is 0 Å². The number of hydrogen-bond donors (Lipinski definition) is 1. The molecular formula is C11H19F3N2O. The Balaban J connectivity index is 2.60. The number of nitrogens with zero attached hydrogens (tertiary/aromatic N) is 1. The third-order valence-corrected chi connectivity index (χ3v) is 3.18. The molecule has 17 heavy (non-hydrogen) atoms. The Hall–Kier alpha value is -0.780. The lowest BCUT2D eigenvalue weighted by molar-refractivity contribution is -0.161. The monoisotopic (exact) mass is 252 g/mol. The summed E-state index contributed by atoms with van der Waals surface area (Å²) in [5.41, 5.74) is 5.85. The van der Waals surface area contributed by atoms with E-state index in [-0.39, 0.29) is 6.04 Å². The lowest BCUT2D eigenvalue weighted by Crippen LogP contribution is -2.45. The molecule has 2 atom stereocenters. The van der Waals surface area contributed by atoms with Gasteiger partial charge in [0.05, 0.1) is 5.92 Å². The van der Waals surface area contributed by atoms with Gasteiger partial charge >= 0.3 is 6.18 Å². The summed E-state index contributed by atoms with van der Waals surface area (Å²) in [5.74, 6) is -0.929. The first-order valence-electron chi connectivity index (χ1n) is 5.88. The van der Waals surface area contributed by atoms with Gasteiger partial charge in [0.2, 0.25) is 5.91 Å². The van der Waals surface area contributed by atoms with Gasteiger partial charge in [-0.15, -0.1) is 0 Å². The second-order valence-corrected chi connectivity index (χ2v) is 4.72. The quantitative estimate of drug-likeness (QED) is 0.763. The summed E-state index contributed by atoms with van der Waals surface area (Å²) < 4.78 is 36.6. The highest BCUT2D eigenvalue weighted by Crippen LogP contribution is 2.25. The molecule has 1 aliphatic rings. The van der Waals surface area contributed by atoms with Crippen LogP contribution in [0.3, 0.4) is 0 Å². The smallest absolute Gasteiger partial charge is 0.336 e. The van der Waals surface area contributed by atoms with Crippen molar-refractivity contribution in [2.45, 2.75) is 44.3 Å². The van der Waals surface area contributed by atoms with Crippen LogP contribution in [0.1, 0.15) is 32.1 Å². The largest absolute Gasteiger partial charge is 0.406 e. The molecule has 2 N–H and O–H groups in total. The number of halogens is 3. The van der Waals surface area contributed by atoms with Crippen molar-refractivity contribution >= 4 is 5.91 Å². The highest BCUT2D eigenvalue weighted by atomic mass is 19.4. The zero-order valence-electron chi connectivity index (χ0n) is 9.96. The maximum absolute atomic E-state index is 12.2. The van der Waals surface area contributed by atoms with E-state index in [1.165, 1.54) is 7.05 Å². The van der Waals surface area contributed by atoms with Crippen LogP contribution in [0.5, 0.6) is 0 Å². The Morgan fingerprint density at radius 1 is 1.29 bits per heavy atom. The lowest BCUT2D eigenvalue weighted by atomic mass is 9.94. The first-order chi connectivity index (χ1) is 7.81. The summed E-state index contributed by atoms with van der Waals surface area (Å²) in [4.78, 5) is 12.6. The van der Waals surface area contributed by atoms with E-state index in [2.05, 4.69) is 0 Å². The molecule has 0 radical (unpaired) electrons. The van der Waals surface area contributed by atoms with Crippen molar-refractivity contribution in [1.29, 1.82) is 0 Å². The zero-order valence-corrected chi connectivity index (χ0v) is 9.96. The van der Waals surface area contributed by atoms with Crippen LogP contribution < -0.4 is 5.73 Å². The van der Waals surface area contributed by atoms with E-state index in [0.29, 0.717) is 6.42 Å². The predicted molar refractivity (Wildman–Crippen MR) is 58.2 cm³/mol. The van der Waals surface area contributed by atoms with Crippen LogP contribution >= 0.6 is 0 Å². The number of alkyl halides is 3. The molecule has 1 aliphatic carbocycles. The maximum atomic E-state index is 12.2. The Kier molecular flexibility index (Phi) is 4.80. The van der Waals surface area contributed by atoms with E-state index in [1.54, 1.807) is 0 Å². The van der Waals surface area contributed by atoms with Gasteiger partial charge in [-0.25, -0.2) is 0 Å². The minimum absolute atomic E-state index is 0.305. The topological polar surface area (TPSA) is 46.3 Å². The molecule has 6 heteroatoms. The Labute approximate surface area is 99.1 Å². The van der Waals surface area contributed by atoms with Crippen molar-refractivity contribution in [3.05, 3.63) is 0 Å². The molecule has 0 spiro atoms. The molecule has 100 valence electrons. The fourth-order valence-electron chi connectivity index (χ4n) is 2.27. The van der Waals surface area contributed by atoms with Crippen LogP contribution in [0.2, 0.25) is 0 Å². The van der Waals surface area contributed by atoms with Crippen molar-refractivity contribution in [2.24, 2.45) is 11.7 Å². The molecule has 1 saturated carbocycles. The van der Waals surface area contributed by atoms with Gasteiger partial charge in [0.25, 0.3) is 0 Å². The van der Waals surface area contributed by atoms with Gasteiger partial charge in [-0.2, -0.15) is 13.2 Å². The van der Waals surface area contributed by atoms with Gasteiger partial charge in [0.1, 0.15) is 6.54 Å². The number of rotatable bonds is 2. The summed E-state index contributed by atoms with van der Waals surface area (Å²) in [6.45, 7) is -1.20. The third kappa shape index (κ3) is 4.53. The first kappa shape index (κ1) is 14.3. The van der Waals surface area contributed by atoms with Gasteiger partial charge < -0.3 is 10.6 Å². The molecule has 1 fully saturated rings. The fourth-order valence-corrected chi connectivity index (χ4v) is 2.27. The molecular weight excluding hydrogens is 233 g/mol. The van der Waals surface area contributed by atoms with Crippen molar-refractivity contribution in [2.75, 3.05) is 13.6 Å². The van der Waals surface area contributed by atoms with E-state index in [1.807, 2.05) is 0 Å². The molecule has 0 saturated heterocycles. The van der Waals surface area contributed by atoms with Crippen LogP contribution in [-0.4, -0.2) is 36.6 Å². The highest BCUT2D eigenvalue weighted by molar-refractivity contribution is 5.79. The van der Waals surface area contributed by atoms with Gasteiger partial charge in [0, 0.05) is 13.1 Å². The molecule has 0 aromatic rings.